The number of halogens is 1. The van der Waals surface area contributed by atoms with E-state index in [1.165, 1.54) is 12.1 Å². The summed E-state index contributed by atoms with van der Waals surface area (Å²) >= 11 is 0. The molecule has 0 unspecified atom stereocenters. The molecule has 0 amide bonds. The monoisotopic (exact) mass is 429 g/mol. The second kappa shape index (κ2) is 8.07. The molecule has 0 N–H and O–H groups in total. The van der Waals surface area contributed by atoms with Gasteiger partial charge in [0.05, 0.1) is 24.5 Å². The quantitative estimate of drug-likeness (QED) is 0.420. The lowest BCUT2D eigenvalue weighted by Crippen LogP contribution is -2.22. The first-order chi connectivity index (χ1) is 15.6. The van der Waals surface area contributed by atoms with Crippen molar-refractivity contribution in [2.24, 2.45) is 0 Å². The van der Waals surface area contributed by atoms with Gasteiger partial charge in [0.15, 0.2) is 5.65 Å². The molecule has 4 aromatic rings. The molecule has 0 aliphatic carbocycles. The summed E-state index contributed by atoms with van der Waals surface area (Å²) in [6.45, 7) is 8.55. The van der Waals surface area contributed by atoms with Crippen molar-refractivity contribution in [1.82, 2.24) is 19.5 Å². The van der Waals surface area contributed by atoms with Crippen molar-refractivity contribution in [3.05, 3.63) is 84.2 Å². The fourth-order valence-corrected chi connectivity index (χ4v) is 4.34. The van der Waals surface area contributed by atoms with E-state index >= 15 is 0 Å². The highest BCUT2D eigenvalue weighted by molar-refractivity contribution is 5.75. The van der Waals surface area contributed by atoms with E-state index in [1.807, 2.05) is 25.1 Å². The zero-order chi connectivity index (χ0) is 22.2. The topological polar surface area (TPSA) is 56.1 Å². The van der Waals surface area contributed by atoms with Crippen molar-refractivity contribution in [2.75, 3.05) is 11.5 Å². The van der Waals surface area contributed by atoms with E-state index in [1.54, 1.807) is 23.4 Å². The first-order valence-electron chi connectivity index (χ1n) is 10.7. The van der Waals surface area contributed by atoms with E-state index in [4.69, 9.17) is 14.7 Å². The summed E-state index contributed by atoms with van der Waals surface area (Å²) in [4.78, 5) is 15.9. The standard InChI is InChI=1S/C25H24FN5O/c1-4-23-28-19-15-27-25(30(5-2)21-14-17(26)11-10-16(21)3)29-24(19)31(23)20-12-13-32-22-9-7-6-8-18(20)22/h5-11,14-15,20H,2,4,12-13H2,1,3H3/t20-/m1/s1. The van der Waals surface area contributed by atoms with Gasteiger partial charge in [-0.2, -0.15) is 4.98 Å². The molecular weight excluding hydrogens is 405 g/mol. The van der Waals surface area contributed by atoms with Gasteiger partial charge in [0.1, 0.15) is 22.9 Å². The third-order valence-corrected chi connectivity index (χ3v) is 5.88. The molecule has 0 saturated heterocycles. The summed E-state index contributed by atoms with van der Waals surface area (Å²) in [7, 11) is 0. The number of benzene rings is 2. The van der Waals surface area contributed by atoms with Crippen molar-refractivity contribution in [3.8, 4) is 5.75 Å². The number of anilines is 2. The number of aromatic nitrogens is 4. The third-order valence-electron chi connectivity index (χ3n) is 5.88. The van der Waals surface area contributed by atoms with Gasteiger partial charge in [0.2, 0.25) is 5.95 Å². The summed E-state index contributed by atoms with van der Waals surface area (Å²) in [6, 6.07) is 12.8. The average molecular weight is 429 g/mol. The van der Waals surface area contributed by atoms with Crippen LogP contribution in [-0.2, 0) is 6.42 Å². The number of nitrogens with zero attached hydrogens (tertiary/aromatic N) is 5. The lowest BCUT2D eigenvalue weighted by Gasteiger charge is -2.28. The van der Waals surface area contributed by atoms with Crippen molar-refractivity contribution < 1.29 is 9.13 Å². The van der Waals surface area contributed by atoms with Gasteiger partial charge in [-0.15, -0.1) is 0 Å². The van der Waals surface area contributed by atoms with E-state index in [0.29, 0.717) is 18.2 Å². The molecule has 6 nitrogen and oxygen atoms in total. The van der Waals surface area contributed by atoms with Gasteiger partial charge in [0, 0.05) is 24.6 Å². The maximum atomic E-state index is 14.0. The molecule has 7 heteroatoms. The van der Waals surface area contributed by atoms with E-state index in [-0.39, 0.29) is 11.9 Å². The van der Waals surface area contributed by atoms with Gasteiger partial charge >= 0.3 is 0 Å². The SMILES string of the molecule is C=CN(c1ncc2nc(CC)n([C@@H]3CCOc4ccccc43)c2n1)c1cc(F)ccc1C. The fourth-order valence-electron chi connectivity index (χ4n) is 4.34. The Balaban J connectivity index is 1.68. The molecule has 3 heterocycles. The summed E-state index contributed by atoms with van der Waals surface area (Å²) in [5.74, 6) is 1.94. The molecule has 162 valence electrons. The van der Waals surface area contributed by atoms with Crippen molar-refractivity contribution in [3.63, 3.8) is 0 Å². The summed E-state index contributed by atoms with van der Waals surface area (Å²) < 4.78 is 22.1. The first kappa shape index (κ1) is 20.2. The number of hydrogen-bond donors (Lipinski definition) is 0. The Hall–Kier alpha value is -3.74. The van der Waals surface area contributed by atoms with Crippen LogP contribution in [0.25, 0.3) is 11.2 Å². The van der Waals surface area contributed by atoms with Crippen molar-refractivity contribution in [2.45, 2.75) is 32.7 Å². The highest BCUT2D eigenvalue weighted by Crippen LogP contribution is 2.37. The Labute approximate surface area is 186 Å². The number of ether oxygens (including phenoxy) is 1. The molecule has 32 heavy (non-hydrogen) atoms. The highest BCUT2D eigenvalue weighted by Gasteiger charge is 2.27. The molecule has 1 aliphatic rings. The van der Waals surface area contributed by atoms with E-state index in [9.17, 15) is 4.39 Å². The number of hydrogen-bond acceptors (Lipinski definition) is 5. The molecule has 0 bridgehead atoms. The van der Waals surface area contributed by atoms with Crippen LogP contribution in [0.2, 0.25) is 0 Å². The van der Waals surface area contributed by atoms with Crippen molar-refractivity contribution >= 4 is 22.8 Å². The second-order valence-electron chi connectivity index (χ2n) is 7.80. The summed E-state index contributed by atoms with van der Waals surface area (Å²) in [6.07, 6.45) is 4.92. The Bertz CT molecular complexity index is 1320. The first-order valence-corrected chi connectivity index (χ1v) is 10.7. The Morgan fingerprint density at radius 2 is 2.09 bits per heavy atom. The normalized spacial score (nSPS) is 15.3. The zero-order valence-electron chi connectivity index (χ0n) is 18.1. The molecule has 0 saturated carbocycles. The number of rotatable bonds is 5. The van der Waals surface area contributed by atoms with Gasteiger partial charge in [0.25, 0.3) is 0 Å². The minimum Gasteiger partial charge on any atom is -0.493 e. The molecule has 0 spiro atoms. The maximum absolute atomic E-state index is 14.0. The Morgan fingerprint density at radius 3 is 2.91 bits per heavy atom. The Morgan fingerprint density at radius 1 is 1.25 bits per heavy atom. The molecule has 0 radical (unpaired) electrons. The molecule has 5 rings (SSSR count). The number of fused-ring (bicyclic) bond motifs is 2. The van der Waals surface area contributed by atoms with Crippen LogP contribution in [0.1, 0.15) is 36.3 Å². The predicted octanol–water partition coefficient (Wildman–Crippen LogP) is 5.49. The molecule has 0 fully saturated rings. The van der Waals surface area contributed by atoms with Crippen LogP contribution in [0.15, 0.2) is 61.4 Å². The number of aryl methyl sites for hydroxylation is 2. The van der Waals surface area contributed by atoms with Crippen LogP contribution < -0.4 is 9.64 Å². The lowest BCUT2D eigenvalue weighted by molar-refractivity contribution is 0.256. The fraction of sp³-hybridized carbons (Fsp3) is 0.240. The van der Waals surface area contributed by atoms with Crippen LogP contribution in [0.5, 0.6) is 5.75 Å². The molecule has 1 atom stereocenters. The van der Waals surface area contributed by atoms with Crippen LogP contribution in [0, 0.1) is 12.7 Å². The number of para-hydroxylation sites is 1. The molecule has 2 aromatic carbocycles. The summed E-state index contributed by atoms with van der Waals surface area (Å²) in [5, 5.41) is 0. The predicted molar refractivity (Wildman–Crippen MR) is 123 cm³/mol. The van der Waals surface area contributed by atoms with Gasteiger partial charge in [-0.25, -0.2) is 14.4 Å². The smallest absolute Gasteiger partial charge is 0.236 e. The van der Waals surface area contributed by atoms with E-state index in [2.05, 4.69) is 29.1 Å². The molecule has 2 aromatic heterocycles. The van der Waals surface area contributed by atoms with E-state index < -0.39 is 0 Å². The molecular formula is C25H24FN5O. The van der Waals surface area contributed by atoms with Gasteiger partial charge < -0.3 is 9.30 Å². The van der Waals surface area contributed by atoms with Crippen LogP contribution in [0.4, 0.5) is 16.0 Å². The Kier molecular flexibility index (Phi) is 5.09. The van der Waals surface area contributed by atoms with Gasteiger partial charge in [-0.05, 0) is 30.7 Å². The minimum atomic E-state index is -0.323. The van der Waals surface area contributed by atoms with Gasteiger partial charge in [-0.3, -0.25) is 4.90 Å². The average Bonchev–Trinajstić information content (AvgIpc) is 3.19. The van der Waals surface area contributed by atoms with E-state index in [0.717, 1.165) is 46.7 Å². The third kappa shape index (κ3) is 3.30. The van der Waals surface area contributed by atoms with Crippen LogP contribution in [0.3, 0.4) is 0 Å². The summed E-state index contributed by atoms with van der Waals surface area (Å²) in [5.41, 5.74) is 4.15. The van der Waals surface area contributed by atoms with Crippen LogP contribution in [-0.4, -0.2) is 26.1 Å². The maximum Gasteiger partial charge on any atom is 0.236 e. The largest absolute Gasteiger partial charge is 0.493 e. The van der Waals surface area contributed by atoms with Gasteiger partial charge in [-0.1, -0.05) is 37.8 Å². The highest BCUT2D eigenvalue weighted by atomic mass is 19.1. The minimum absolute atomic E-state index is 0.0655. The lowest BCUT2D eigenvalue weighted by atomic mass is 10.00. The second-order valence-corrected chi connectivity index (χ2v) is 7.80. The zero-order valence-corrected chi connectivity index (χ0v) is 18.1. The number of imidazole rings is 1. The van der Waals surface area contributed by atoms with Crippen molar-refractivity contribution in [1.29, 1.82) is 0 Å². The van der Waals surface area contributed by atoms with Crippen LogP contribution >= 0.6 is 0 Å². The molecule has 1 aliphatic heterocycles.